The number of hydrogen-bond acceptors (Lipinski definition) is 5. The third kappa shape index (κ3) is 49.3. The van der Waals surface area contributed by atoms with Crippen LogP contribution in [0.25, 0.3) is 0 Å². The SMILES string of the molecule is CCCCCCC/C=C\CCCCCCCC(=O)OCCCCCCCCCCC/C=C\C/C=C\CCCCCCCCCC(=O)NC(CO)C(O)/C=C/CCCCCCCCCC. The number of rotatable bonds is 51. The Labute approximate surface area is 397 Å². The van der Waals surface area contributed by atoms with E-state index in [1.165, 1.54) is 193 Å². The number of allylic oxidation sites excluding steroid dienone is 7. The van der Waals surface area contributed by atoms with Gasteiger partial charge in [-0.15, -0.1) is 0 Å². The Bertz CT molecular complexity index is 1080. The van der Waals surface area contributed by atoms with E-state index in [9.17, 15) is 19.8 Å². The molecule has 0 saturated carbocycles. The summed E-state index contributed by atoms with van der Waals surface area (Å²) in [4.78, 5) is 24.4. The van der Waals surface area contributed by atoms with Gasteiger partial charge in [0.2, 0.25) is 5.91 Å². The van der Waals surface area contributed by atoms with Gasteiger partial charge in [0.15, 0.2) is 0 Å². The van der Waals surface area contributed by atoms with Gasteiger partial charge in [0, 0.05) is 12.8 Å². The lowest BCUT2D eigenvalue weighted by Gasteiger charge is -2.20. The van der Waals surface area contributed by atoms with Gasteiger partial charge in [-0.05, 0) is 89.9 Å². The molecular weight excluding hydrogens is 791 g/mol. The van der Waals surface area contributed by atoms with Crippen molar-refractivity contribution < 1.29 is 24.5 Å². The molecule has 1 amide bonds. The number of hydrogen-bond donors (Lipinski definition) is 3. The molecule has 374 valence electrons. The van der Waals surface area contributed by atoms with Crippen LogP contribution in [0.1, 0.15) is 284 Å². The fraction of sp³-hybridized carbons (Fsp3) is 0.828. The van der Waals surface area contributed by atoms with Crippen LogP contribution in [0.4, 0.5) is 0 Å². The van der Waals surface area contributed by atoms with Crippen LogP contribution in [0.5, 0.6) is 0 Å². The van der Waals surface area contributed by atoms with Crippen LogP contribution in [0.15, 0.2) is 48.6 Å². The number of ether oxygens (including phenoxy) is 1. The van der Waals surface area contributed by atoms with Crippen molar-refractivity contribution in [1.29, 1.82) is 0 Å². The first-order valence-corrected chi connectivity index (χ1v) is 27.9. The van der Waals surface area contributed by atoms with Crippen molar-refractivity contribution in [1.82, 2.24) is 5.32 Å². The molecule has 0 spiro atoms. The van der Waals surface area contributed by atoms with Crippen LogP contribution in [-0.4, -0.2) is 47.4 Å². The minimum Gasteiger partial charge on any atom is -0.466 e. The zero-order valence-corrected chi connectivity index (χ0v) is 42.5. The Morgan fingerprint density at radius 3 is 1.20 bits per heavy atom. The van der Waals surface area contributed by atoms with E-state index in [4.69, 9.17) is 4.74 Å². The van der Waals surface area contributed by atoms with E-state index >= 15 is 0 Å². The average molecular weight is 898 g/mol. The number of unbranched alkanes of at least 4 members (excludes halogenated alkanes) is 34. The Balaban J connectivity index is 3.46. The summed E-state index contributed by atoms with van der Waals surface area (Å²) >= 11 is 0. The van der Waals surface area contributed by atoms with Gasteiger partial charge in [-0.2, -0.15) is 0 Å². The molecule has 3 N–H and O–H groups in total. The Kier molecular flexibility index (Phi) is 51.6. The van der Waals surface area contributed by atoms with E-state index in [2.05, 4.69) is 55.6 Å². The standard InChI is InChI=1S/C58H107NO5/c1-3-5-7-9-11-13-15-16-29-32-36-40-44-48-52-58(63)64-53-49-45-41-37-33-30-27-25-23-21-19-17-18-20-22-24-26-28-31-35-39-43-47-51-57(62)59-55(54-60)56(61)50-46-42-38-34-14-12-10-8-6-4-2/h15-17,19-20,22,46,50,55-56,60-61H,3-14,18,21,23-45,47-49,51-54H2,1-2H3,(H,59,62)/b16-15-,19-17-,22-20-,50-46+. The maximum Gasteiger partial charge on any atom is 0.305 e. The fourth-order valence-corrected chi connectivity index (χ4v) is 8.25. The van der Waals surface area contributed by atoms with Crippen molar-refractivity contribution in [2.75, 3.05) is 13.2 Å². The van der Waals surface area contributed by atoms with Crippen molar-refractivity contribution in [2.24, 2.45) is 0 Å². The molecule has 0 aromatic heterocycles. The maximum atomic E-state index is 12.4. The minimum atomic E-state index is -0.850. The highest BCUT2D eigenvalue weighted by molar-refractivity contribution is 5.76. The van der Waals surface area contributed by atoms with E-state index in [0.29, 0.717) is 19.4 Å². The minimum absolute atomic E-state index is 0.00288. The maximum absolute atomic E-state index is 12.4. The van der Waals surface area contributed by atoms with Crippen molar-refractivity contribution in [3.05, 3.63) is 48.6 Å². The number of aliphatic hydroxyl groups excluding tert-OH is 2. The van der Waals surface area contributed by atoms with Crippen LogP contribution in [-0.2, 0) is 14.3 Å². The topological polar surface area (TPSA) is 95.9 Å². The third-order valence-corrected chi connectivity index (χ3v) is 12.6. The molecule has 0 rings (SSSR count). The molecular formula is C58H107NO5. The van der Waals surface area contributed by atoms with Crippen molar-refractivity contribution in [3.8, 4) is 0 Å². The summed E-state index contributed by atoms with van der Waals surface area (Å²) in [6.07, 6.45) is 67.1. The molecule has 6 nitrogen and oxygen atoms in total. The van der Waals surface area contributed by atoms with Gasteiger partial charge in [0.05, 0.1) is 25.4 Å². The fourth-order valence-electron chi connectivity index (χ4n) is 8.25. The second-order valence-electron chi connectivity index (χ2n) is 18.9. The molecule has 2 unspecified atom stereocenters. The van der Waals surface area contributed by atoms with E-state index in [0.717, 1.165) is 64.2 Å². The largest absolute Gasteiger partial charge is 0.466 e. The number of carbonyl (C=O) groups excluding carboxylic acids is 2. The number of aliphatic hydroxyl groups is 2. The highest BCUT2D eigenvalue weighted by Gasteiger charge is 2.18. The smallest absolute Gasteiger partial charge is 0.305 e. The second-order valence-corrected chi connectivity index (χ2v) is 18.9. The molecule has 0 aliphatic rings. The summed E-state index contributed by atoms with van der Waals surface area (Å²) in [6.45, 7) is 4.85. The first kappa shape index (κ1) is 61.8. The summed E-state index contributed by atoms with van der Waals surface area (Å²) in [5.74, 6) is -0.0843. The monoisotopic (exact) mass is 898 g/mol. The third-order valence-electron chi connectivity index (χ3n) is 12.6. The predicted octanol–water partition coefficient (Wildman–Crippen LogP) is 17.0. The Morgan fingerprint density at radius 1 is 0.438 bits per heavy atom. The zero-order valence-electron chi connectivity index (χ0n) is 42.5. The molecule has 2 atom stereocenters. The van der Waals surface area contributed by atoms with Gasteiger partial charge in [-0.25, -0.2) is 0 Å². The molecule has 0 saturated heterocycles. The van der Waals surface area contributed by atoms with Crippen molar-refractivity contribution in [2.45, 2.75) is 296 Å². The number of amides is 1. The molecule has 0 bridgehead atoms. The molecule has 0 aliphatic heterocycles. The van der Waals surface area contributed by atoms with Crippen LogP contribution in [0.3, 0.4) is 0 Å². The molecule has 0 radical (unpaired) electrons. The van der Waals surface area contributed by atoms with Gasteiger partial charge in [0.1, 0.15) is 0 Å². The lowest BCUT2D eigenvalue weighted by Crippen LogP contribution is -2.45. The quantitative estimate of drug-likeness (QED) is 0.0321. The Morgan fingerprint density at radius 2 is 0.781 bits per heavy atom. The first-order valence-electron chi connectivity index (χ1n) is 27.9. The molecule has 0 aliphatic carbocycles. The van der Waals surface area contributed by atoms with Gasteiger partial charge in [0.25, 0.3) is 0 Å². The normalized spacial score (nSPS) is 13.0. The second kappa shape index (κ2) is 53.4. The highest BCUT2D eigenvalue weighted by Crippen LogP contribution is 2.15. The average Bonchev–Trinajstić information content (AvgIpc) is 3.29. The van der Waals surface area contributed by atoms with Gasteiger partial charge in [-0.1, -0.05) is 229 Å². The van der Waals surface area contributed by atoms with Crippen molar-refractivity contribution >= 4 is 11.9 Å². The highest BCUT2D eigenvalue weighted by atomic mass is 16.5. The van der Waals surface area contributed by atoms with Crippen LogP contribution < -0.4 is 5.32 Å². The molecule has 0 fully saturated rings. The van der Waals surface area contributed by atoms with Crippen molar-refractivity contribution in [3.63, 3.8) is 0 Å². The van der Waals surface area contributed by atoms with E-state index in [-0.39, 0.29) is 18.5 Å². The van der Waals surface area contributed by atoms with Gasteiger partial charge < -0.3 is 20.3 Å². The summed E-state index contributed by atoms with van der Waals surface area (Å²) < 4.78 is 5.46. The molecule has 0 aromatic carbocycles. The summed E-state index contributed by atoms with van der Waals surface area (Å²) in [5, 5.41) is 22.9. The Hall–Kier alpha value is -2.18. The number of carbonyl (C=O) groups is 2. The van der Waals surface area contributed by atoms with Gasteiger partial charge >= 0.3 is 5.97 Å². The predicted molar refractivity (Wildman–Crippen MR) is 278 cm³/mol. The summed E-state index contributed by atoms with van der Waals surface area (Å²) in [6, 6.07) is -0.634. The van der Waals surface area contributed by atoms with E-state index < -0.39 is 12.1 Å². The first-order chi connectivity index (χ1) is 31.5. The van der Waals surface area contributed by atoms with Crippen LogP contribution in [0.2, 0.25) is 0 Å². The van der Waals surface area contributed by atoms with E-state index in [1.54, 1.807) is 6.08 Å². The van der Waals surface area contributed by atoms with E-state index in [1.807, 2.05) is 6.08 Å². The van der Waals surface area contributed by atoms with Gasteiger partial charge in [-0.3, -0.25) is 9.59 Å². The summed E-state index contributed by atoms with van der Waals surface area (Å²) in [5.41, 5.74) is 0. The van der Waals surface area contributed by atoms with Crippen LogP contribution >= 0.6 is 0 Å². The number of nitrogens with one attached hydrogen (secondary N) is 1. The molecule has 0 aromatic rings. The summed E-state index contributed by atoms with van der Waals surface area (Å²) in [7, 11) is 0. The zero-order chi connectivity index (χ0) is 46.5. The van der Waals surface area contributed by atoms with Crippen LogP contribution in [0, 0.1) is 0 Å². The number of esters is 1. The molecule has 0 heterocycles. The molecule has 6 heteroatoms. The lowest BCUT2D eigenvalue weighted by molar-refractivity contribution is -0.143. The lowest BCUT2D eigenvalue weighted by atomic mass is 10.1. The molecule has 64 heavy (non-hydrogen) atoms.